The van der Waals surface area contributed by atoms with E-state index in [0.717, 1.165) is 4.57 Å². The first-order valence-corrected chi connectivity index (χ1v) is 5.03. The summed E-state index contributed by atoms with van der Waals surface area (Å²) in [5.74, 6) is 0.0855. The number of anilines is 1. The van der Waals surface area contributed by atoms with Crippen LogP contribution in [-0.4, -0.2) is 33.5 Å². The van der Waals surface area contributed by atoms with Crippen molar-refractivity contribution in [3.63, 3.8) is 0 Å². The molecule has 1 aliphatic heterocycles. The summed E-state index contributed by atoms with van der Waals surface area (Å²) in [6, 6.07) is 1.41. The zero-order valence-corrected chi connectivity index (χ0v) is 8.82. The lowest BCUT2D eigenvalue weighted by molar-refractivity contribution is -0.169. The van der Waals surface area contributed by atoms with E-state index in [1.165, 1.54) is 12.3 Å². The topological polar surface area (TPSA) is 99.6 Å². The van der Waals surface area contributed by atoms with E-state index >= 15 is 0 Å². The van der Waals surface area contributed by atoms with E-state index in [0.29, 0.717) is 0 Å². The molecule has 17 heavy (non-hydrogen) atoms. The molecule has 2 rings (SSSR count). The predicted molar refractivity (Wildman–Crippen MR) is 54.5 cm³/mol. The van der Waals surface area contributed by atoms with Crippen LogP contribution in [0.5, 0.6) is 0 Å². The van der Waals surface area contributed by atoms with Gasteiger partial charge in [0, 0.05) is 12.6 Å². The molecule has 1 fully saturated rings. The maximum Gasteiger partial charge on any atom is 0.351 e. The van der Waals surface area contributed by atoms with Gasteiger partial charge in [-0.2, -0.15) is 9.93 Å². The molecule has 1 aromatic rings. The Morgan fingerprint density at radius 2 is 2.53 bits per heavy atom. The smallest absolute Gasteiger partial charge is 0.351 e. The SMILES string of the molecule is Nc1ccn(C2OC(COF)CC2O)c(=O)n1. The Hall–Kier alpha value is -1.51. The van der Waals surface area contributed by atoms with E-state index in [4.69, 9.17) is 10.5 Å². The number of hydrogen-bond donors (Lipinski definition) is 2. The Labute approximate surface area is 95.5 Å². The van der Waals surface area contributed by atoms with Gasteiger partial charge in [0.15, 0.2) is 6.23 Å². The minimum absolute atomic E-state index is 0.0855. The van der Waals surface area contributed by atoms with Crippen LogP contribution in [0.2, 0.25) is 0 Å². The molecular weight excluding hydrogens is 233 g/mol. The quantitative estimate of drug-likeness (QED) is 0.735. The van der Waals surface area contributed by atoms with Crippen molar-refractivity contribution in [1.82, 2.24) is 9.55 Å². The number of ether oxygens (including phenoxy) is 1. The first-order chi connectivity index (χ1) is 8.11. The molecule has 1 aromatic heterocycles. The van der Waals surface area contributed by atoms with Crippen LogP contribution >= 0.6 is 0 Å². The van der Waals surface area contributed by atoms with Crippen LogP contribution in [0, 0.1) is 0 Å². The summed E-state index contributed by atoms with van der Waals surface area (Å²) in [7, 11) is 0. The minimum Gasteiger partial charge on any atom is -0.388 e. The summed E-state index contributed by atoms with van der Waals surface area (Å²) < 4.78 is 18.1. The number of halogens is 1. The molecule has 0 bridgehead atoms. The van der Waals surface area contributed by atoms with Crippen molar-refractivity contribution < 1.29 is 19.3 Å². The summed E-state index contributed by atoms with van der Waals surface area (Å²) in [5, 5.41) is 9.71. The molecule has 8 heteroatoms. The van der Waals surface area contributed by atoms with Crippen molar-refractivity contribution in [2.24, 2.45) is 0 Å². The highest BCUT2D eigenvalue weighted by Crippen LogP contribution is 2.27. The van der Waals surface area contributed by atoms with Crippen LogP contribution < -0.4 is 11.4 Å². The van der Waals surface area contributed by atoms with Gasteiger partial charge in [-0.25, -0.2) is 4.79 Å². The van der Waals surface area contributed by atoms with Crippen LogP contribution in [0.15, 0.2) is 17.1 Å². The molecule has 2 heterocycles. The summed E-state index contributed by atoms with van der Waals surface area (Å²) in [6.45, 7) is -0.287. The average Bonchev–Trinajstić information content (AvgIpc) is 2.60. The fourth-order valence-electron chi connectivity index (χ4n) is 1.78. The van der Waals surface area contributed by atoms with Crippen LogP contribution in [0.25, 0.3) is 0 Å². The van der Waals surface area contributed by atoms with E-state index in [1.807, 2.05) is 0 Å². The highest BCUT2D eigenvalue weighted by Gasteiger charge is 2.36. The molecule has 1 saturated heterocycles. The fraction of sp³-hybridized carbons (Fsp3) is 0.556. The van der Waals surface area contributed by atoms with E-state index in [1.54, 1.807) is 0 Å². The third-order valence-corrected chi connectivity index (χ3v) is 2.54. The van der Waals surface area contributed by atoms with Gasteiger partial charge in [-0.05, 0) is 10.6 Å². The molecule has 0 spiro atoms. The molecule has 1 aliphatic rings. The van der Waals surface area contributed by atoms with E-state index in [2.05, 4.69) is 9.93 Å². The number of aliphatic hydroxyl groups excluding tert-OH is 1. The van der Waals surface area contributed by atoms with Crippen molar-refractivity contribution in [3.8, 4) is 0 Å². The number of nitrogens with zero attached hydrogens (tertiary/aromatic N) is 2. The van der Waals surface area contributed by atoms with Crippen molar-refractivity contribution in [1.29, 1.82) is 0 Å². The monoisotopic (exact) mass is 245 g/mol. The lowest BCUT2D eigenvalue weighted by Gasteiger charge is -2.16. The normalized spacial score (nSPS) is 28.5. The molecule has 7 nitrogen and oxygen atoms in total. The molecule has 0 aliphatic carbocycles. The molecular formula is C9H12FN3O4. The van der Waals surface area contributed by atoms with Gasteiger partial charge in [0.25, 0.3) is 0 Å². The third kappa shape index (κ3) is 2.43. The Morgan fingerprint density at radius 1 is 1.76 bits per heavy atom. The lowest BCUT2D eigenvalue weighted by Crippen LogP contribution is -2.31. The van der Waals surface area contributed by atoms with E-state index in [9.17, 15) is 14.4 Å². The molecule has 3 unspecified atom stereocenters. The van der Waals surface area contributed by atoms with Crippen LogP contribution in [0.3, 0.4) is 0 Å². The molecule has 0 amide bonds. The zero-order chi connectivity index (χ0) is 12.4. The number of hydrogen-bond acceptors (Lipinski definition) is 6. The number of aromatic nitrogens is 2. The van der Waals surface area contributed by atoms with Crippen molar-refractivity contribution >= 4 is 5.82 Å². The van der Waals surface area contributed by atoms with Gasteiger partial charge in [-0.3, -0.25) is 4.57 Å². The first-order valence-electron chi connectivity index (χ1n) is 5.03. The van der Waals surface area contributed by atoms with Gasteiger partial charge in [0.05, 0.1) is 6.10 Å². The summed E-state index contributed by atoms with van der Waals surface area (Å²) in [4.78, 5) is 18.5. The largest absolute Gasteiger partial charge is 0.388 e. The Balaban J connectivity index is 2.20. The highest BCUT2D eigenvalue weighted by molar-refractivity contribution is 5.23. The van der Waals surface area contributed by atoms with Gasteiger partial charge in [0.1, 0.15) is 18.5 Å². The summed E-state index contributed by atoms with van der Waals surface area (Å²) >= 11 is 0. The number of aliphatic hydroxyl groups is 1. The van der Waals surface area contributed by atoms with Crippen LogP contribution in [-0.2, 0) is 9.68 Å². The Bertz CT molecular complexity index is 452. The van der Waals surface area contributed by atoms with Gasteiger partial charge < -0.3 is 15.6 Å². The van der Waals surface area contributed by atoms with E-state index in [-0.39, 0.29) is 18.8 Å². The number of nitrogens with two attached hydrogens (primary N) is 1. The molecule has 0 radical (unpaired) electrons. The number of nitrogen functional groups attached to an aromatic ring is 1. The molecule has 3 atom stereocenters. The summed E-state index contributed by atoms with van der Waals surface area (Å²) in [5.41, 5.74) is 4.71. The van der Waals surface area contributed by atoms with Crippen molar-refractivity contribution in [2.75, 3.05) is 12.3 Å². The minimum atomic E-state index is -0.918. The van der Waals surface area contributed by atoms with Gasteiger partial charge in [-0.1, -0.05) is 0 Å². The predicted octanol–water partition coefficient (Wildman–Crippen LogP) is -0.625. The molecule has 0 saturated carbocycles. The maximum absolute atomic E-state index is 11.7. The van der Waals surface area contributed by atoms with Crippen molar-refractivity contribution in [2.45, 2.75) is 24.9 Å². The van der Waals surface area contributed by atoms with E-state index < -0.39 is 24.1 Å². The maximum atomic E-state index is 11.7. The first kappa shape index (κ1) is 12.0. The lowest BCUT2D eigenvalue weighted by atomic mass is 10.2. The number of rotatable bonds is 3. The van der Waals surface area contributed by atoms with Gasteiger partial charge >= 0.3 is 5.69 Å². The molecule has 3 N–H and O–H groups in total. The second kappa shape index (κ2) is 4.78. The third-order valence-electron chi connectivity index (χ3n) is 2.54. The van der Waals surface area contributed by atoms with Gasteiger partial charge in [-0.15, -0.1) is 0 Å². The molecule has 0 aromatic carbocycles. The summed E-state index contributed by atoms with van der Waals surface area (Å²) in [6.07, 6.45) is -0.846. The van der Waals surface area contributed by atoms with Gasteiger partial charge in [0.2, 0.25) is 0 Å². The second-order valence-corrected chi connectivity index (χ2v) is 3.77. The van der Waals surface area contributed by atoms with Crippen molar-refractivity contribution in [3.05, 3.63) is 22.7 Å². The molecule has 94 valence electrons. The second-order valence-electron chi connectivity index (χ2n) is 3.77. The average molecular weight is 245 g/mol. The Morgan fingerprint density at radius 3 is 3.18 bits per heavy atom. The zero-order valence-electron chi connectivity index (χ0n) is 8.82. The standard InChI is InChI=1S/C9H12FN3O4/c10-16-4-5-3-6(14)8(17-5)13-2-1-7(11)12-9(13)15/h1-2,5-6,8,14H,3-4H2,(H2,11,12,15). The van der Waals surface area contributed by atoms with Crippen LogP contribution in [0.1, 0.15) is 12.6 Å². The van der Waals surface area contributed by atoms with Crippen LogP contribution in [0.4, 0.5) is 10.3 Å². The highest BCUT2D eigenvalue weighted by atomic mass is 19.3. The fourth-order valence-corrected chi connectivity index (χ4v) is 1.78. The Kier molecular flexibility index (Phi) is 3.36.